The van der Waals surface area contributed by atoms with Crippen LogP contribution in [0.2, 0.25) is 0 Å². The molecule has 0 aliphatic rings. The lowest BCUT2D eigenvalue weighted by Gasteiger charge is -2.05. The molecule has 0 fully saturated rings. The Kier molecular flexibility index (Phi) is 8.60. The van der Waals surface area contributed by atoms with Crippen LogP contribution in [0.5, 0.6) is 0 Å². The van der Waals surface area contributed by atoms with Gasteiger partial charge in [-0.1, -0.05) is 19.9 Å². The third-order valence-electron chi connectivity index (χ3n) is 2.94. The van der Waals surface area contributed by atoms with Crippen molar-refractivity contribution in [3.05, 3.63) is 62.4 Å². The van der Waals surface area contributed by atoms with Gasteiger partial charge in [0.2, 0.25) is 5.56 Å². The van der Waals surface area contributed by atoms with Gasteiger partial charge in [-0.25, -0.2) is 0 Å². The summed E-state index contributed by atoms with van der Waals surface area (Å²) in [6, 6.07) is 4.99. The van der Waals surface area contributed by atoms with Crippen LogP contribution in [0.4, 0.5) is 5.69 Å². The number of aryl methyl sites for hydroxylation is 4. The van der Waals surface area contributed by atoms with Crippen molar-refractivity contribution in [3.8, 4) is 0 Å². The molecule has 2 aromatic heterocycles. The highest BCUT2D eigenvalue weighted by molar-refractivity contribution is 5.47. The summed E-state index contributed by atoms with van der Waals surface area (Å²) in [5.74, 6) is 0. The normalized spacial score (nSPS) is 9.05. The number of anilines is 1. The SMILES string of the molecule is CC.CNc1cn(C)c(=O)cc1C.Cc1ccc(=O)n(C)c1. The number of nitrogens with zero attached hydrogens (tertiary/aromatic N) is 2. The Balaban J connectivity index is 0.000000366. The zero-order valence-electron chi connectivity index (χ0n) is 14.6. The summed E-state index contributed by atoms with van der Waals surface area (Å²) < 4.78 is 3.12. The van der Waals surface area contributed by atoms with E-state index >= 15 is 0 Å². The minimum atomic E-state index is 0.0292. The molecule has 0 atom stereocenters. The van der Waals surface area contributed by atoms with Crippen molar-refractivity contribution in [2.75, 3.05) is 12.4 Å². The molecule has 122 valence electrons. The largest absolute Gasteiger partial charge is 0.387 e. The van der Waals surface area contributed by atoms with Crippen molar-refractivity contribution < 1.29 is 0 Å². The zero-order chi connectivity index (χ0) is 17.3. The second-order valence-corrected chi connectivity index (χ2v) is 4.72. The fraction of sp³-hybridized carbons (Fsp3) is 0.412. The molecule has 22 heavy (non-hydrogen) atoms. The van der Waals surface area contributed by atoms with E-state index in [-0.39, 0.29) is 11.1 Å². The molecule has 0 aromatic carbocycles. The summed E-state index contributed by atoms with van der Waals surface area (Å²) in [4.78, 5) is 21.8. The molecule has 0 spiro atoms. The number of rotatable bonds is 1. The van der Waals surface area contributed by atoms with Gasteiger partial charge in [-0.3, -0.25) is 9.59 Å². The van der Waals surface area contributed by atoms with Gasteiger partial charge in [0.05, 0.1) is 5.69 Å². The molecule has 2 rings (SSSR count). The van der Waals surface area contributed by atoms with Crippen LogP contribution in [0.1, 0.15) is 25.0 Å². The molecule has 5 nitrogen and oxygen atoms in total. The molecule has 2 heterocycles. The van der Waals surface area contributed by atoms with Crippen molar-refractivity contribution in [1.82, 2.24) is 9.13 Å². The highest BCUT2D eigenvalue weighted by Crippen LogP contribution is 2.08. The lowest BCUT2D eigenvalue weighted by molar-refractivity contribution is 0.852. The maximum Gasteiger partial charge on any atom is 0.250 e. The average molecular weight is 305 g/mol. The molecular weight excluding hydrogens is 278 g/mol. The van der Waals surface area contributed by atoms with Gasteiger partial charge in [0.1, 0.15) is 0 Å². The van der Waals surface area contributed by atoms with E-state index in [4.69, 9.17) is 0 Å². The smallest absolute Gasteiger partial charge is 0.250 e. The van der Waals surface area contributed by atoms with E-state index in [1.165, 1.54) is 0 Å². The molecule has 0 saturated carbocycles. The first-order valence-electron chi connectivity index (χ1n) is 7.33. The third kappa shape index (κ3) is 5.99. The Bertz CT molecular complexity index is 700. The Labute approximate surface area is 132 Å². The van der Waals surface area contributed by atoms with Gasteiger partial charge in [0.25, 0.3) is 5.56 Å². The first-order chi connectivity index (χ1) is 10.3. The van der Waals surface area contributed by atoms with Crippen molar-refractivity contribution in [2.24, 2.45) is 14.1 Å². The fourth-order valence-electron chi connectivity index (χ4n) is 1.72. The minimum absolute atomic E-state index is 0.0292. The maximum absolute atomic E-state index is 11.0. The Hall–Kier alpha value is -2.30. The summed E-state index contributed by atoms with van der Waals surface area (Å²) in [6.07, 6.45) is 3.60. The van der Waals surface area contributed by atoms with Crippen LogP contribution < -0.4 is 16.4 Å². The molecule has 0 amide bonds. The number of hydrogen-bond donors (Lipinski definition) is 1. The van der Waals surface area contributed by atoms with E-state index in [9.17, 15) is 9.59 Å². The topological polar surface area (TPSA) is 56.0 Å². The van der Waals surface area contributed by atoms with E-state index in [0.29, 0.717) is 0 Å². The standard InChI is InChI=1S/C8H12N2O.C7H9NO.C2H6/c1-6-4-8(11)10(3)5-7(6)9-2;1-6-3-4-7(9)8(2)5-6;1-2/h4-5,9H,1-3H3;3-5H,1-2H3;1-2H3. The predicted molar refractivity (Wildman–Crippen MR) is 93.7 cm³/mol. The second kappa shape index (κ2) is 9.60. The molecule has 1 N–H and O–H groups in total. The lowest BCUT2D eigenvalue weighted by atomic mass is 10.2. The summed E-state index contributed by atoms with van der Waals surface area (Å²) in [5.41, 5.74) is 3.15. The molecular formula is C17H27N3O2. The lowest BCUT2D eigenvalue weighted by Crippen LogP contribution is -2.16. The Morgan fingerprint density at radius 3 is 1.91 bits per heavy atom. The van der Waals surface area contributed by atoms with Crippen LogP contribution in [-0.2, 0) is 14.1 Å². The number of nitrogens with one attached hydrogen (secondary N) is 1. The van der Waals surface area contributed by atoms with Crippen LogP contribution in [0.25, 0.3) is 0 Å². The van der Waals surface area contributed by atoms with Gasteiger partial charge >= 0.3 is 0 Å². The van der Waals surface area contributed by atoms with Crippen LogP contribution in [0.15, 0.2) is 40.2 Å². The monoisotopic (exact) mass is 305 g/mol. The first kappa shape index (κ1) is 19.7. The van der Waals surface area contributed by atoms with E-state index in [0.717, 1.165) is 16.8 Å². The molecule has 0 unspecified atom stereocenters. The van der Waals surface area contributed by atoms with E-state index in [1.807, 2.05) is 47.0 Å². The number of hydrogen-bond acceptors (Lipinski definition) is 3. The van der Waals surface area contributed by atoms with E-state index < -0.39 is 0 Å². The molecule has 0 aliphatic heterocycles. The Morgan fingerprint density at radius 2 is 1.45 bits per heavy atom. The summed E-state index contributed by atoms with van der Waals surface area (Å²) in [6.45, 7) is 7.87. The van der Waals surface area contributed by atoms with Crippen molar-refractivity contribution in [3.63, 3.8) is 0 Å². The minimum Gasteiger partial charge on any atom is -0.387 e. The highest BCUT2D eigenvalue weighted by atomic mass is 16.1. The Morgan fingerprint density at radius 1 is 0.909 bits per heavy atom. The van der Waals surface area contributed by atoms with Gasteiger partial charge in [-0.15, -0.1) is 0 Å². The summed E-state index contributed by atoms with van der Waals surface area (Å²) in [5, 5.41) is 3.00. The first-order valence-corrected chi connectivity index (χ1v) is 7.33. The highest BCUT2D eigenvalue weighted by Gasteiger charge is 1.97. The third-order valence-corrected chi connectivity index (χ3v) is 2.94. The van der Waals surface area contributed by atoms with Gasteiger partial charge in [0.15, 0.2) is 0 Å². The van der Waals surface area contributed by atoms with E-state index in [1.54, 1.807) is 41.6 Å². The van der Waals surface area contributed by atoms with Crippen LogP contribution in [0, 0.1) is 13.8 Å². The molecule has 5 heteroatoms. The molecule has 0 saturated heterocycles. The van der Waals surface area contributed by atoms with Gasteiger partial charge in [-0.05, 0) is 25.0 Å². The van der Waals surface area contributed by atoms with Crippen molar-refractivity contribution >= 4 is 5.69 Å². The van der Waals surface area contributed by atoms with Crippen LogP contribution in [0.3, 0.4) is 0 Å². The predicted octanol–water partition coefficient (Wildman–Crippen LogP) is 2.46. The van der Waals surface area contributed by atoms with Gasteiger partial charge in [-0.2, -0.15) is 0 Å². The molecule has 2 aromatic rings. The van der Waals surface area contributed by atoms with Gasteiger partial charge in [0, 0.05) is 45.7 Å². The second-order valence-electron chi connectivity index (χ2n) is 4.72. The maximum atomic E-state index is 11.0. The summed E-state index contributed by atoms with van der Waals surface area (Å²) in [7, 11) is 5.32. The molecule has 0 radical (unpaired) electrons. The molecule has 0 bridgehead atoms. The van der Waals surface area contributed by atoms with Crippen LogP contribution in [-0.4, -0.2) is 16.2 Å². The quantitative estimate of drug-likeness (QED) is 0.880. The fourth-order valence-corrected chi connectivity index (χ4v) is 1.72. The molecule has 0 aliphatic carbocycles. The van der Waals surface area contributed by atoms with Crippen molar-refractivity contribution in [1.29, 1.82) is 0 Å². The summed E-state index contributed by atoms with van der Waals surface area (Å²) >= 11 is 0. The van der Waals surface area contributed by atoms with E-state index in [2.05, 4.69) is 5.32 Å². The number of aromatic nitrogens is 2. The zero-order valence-corrected chi connectivity index (χ0v) is 14.6. The average Bonchev–Trinajstić information content (AvgIpc) is 2.50. The van der Waals surface area contributed by atoms with Crippen LogP contribution >= 0.6 is 0 Å². The van der Waals surface area contributed by atoms with Gasteiger partial charge < -0.3 is 14.5 Å². The number of pyridine rings is 2. The van der Waals surface area contributed by atoms with Crippen molar-refractivity contribution in [2.45, 2.75) is 27.7 Å².